The summed E-state index contributed by atoms with van der Waals surface area (Å²) in [7, 11) is 0. The van der Waals surface area contributed by atoms with Gasteiger partial charge in [-0.1, -0.05) is 0 Å². The van der Waals surface area contributed by atoms with Crippen molar-refractivity contribution < 1.29 is 4.79 Å². The smallest absolute Gasteiger partial charge is 0.219 e. The summed E-state index contributed by atoms with van der Waals surface area (Å²) in [6.45, 7) is 1.87. The zero-order valence-electron chi connectivity index (χ0n) is 8.03. The van der Waals surface area contributed by atoms with Gasteiger partial charge in [0, 0.05) is 18.7 Å². The summed E-state index contributed by atoms with van der Waals surface area (Å²) in [5.41, 5.74) is 12.0. The molecule has 0 fully saturated rings. The number of hydrogen-bond donors (Lipinski definition) is 3. The van der Waals surface area contributed by atoms with E-state index in [-0.39, 0.29) is 18.4 Å². The van der Waals surface area contributed by atoms with Gasteiger partial charge in [0.25, 0.3) is 0 Å². The van der Waals surface area contributed by atoms with Crippen molar-refractivity contribution in [2.45, 2.75) is 19.4 Å². The number of anilines is 2. The van der Waals surface area contributed by atoms with Crippen molar-refractivity contribution in [3.05, 3.63) is 18.5 Å². The summed E-state index contributed by atoms with van der Waals surface area (Å²) < 4.78 is 0. The van der Waals surface area contributed by atoms with Crippen LogP contribution in [0, 0.1) is 0 Å². The van der Waals surface area contributed by atoms with E-state index in [9.17, 15) is 4.79 Å². The number of amides is 1. The van der Waals surface area contributed by atoms with Crippen LogP contribution >= 0.6 is 0 Å². The third kappa shape index (κ3) is 3.30. The Morgan fingerprint density at radius 1 is 1.64 bits per heavy atom. The largest absolute Gasteiger partial charge is 0.397 e. The van der Waals surface area contributed by atoms with Gasteiger partial charge in [0.1, 0.15) is 0 Å². The summed E-state index contributed by atoms with van der Waals surface area (Å²) in [6.07, 6.45) is 3.49. The molecule has 5 N–H and O–H groups in total. The third-order valence-electron chi connectivity index (χ3n) is 1.68. The first-order valence-corrected chi connectivity index (χ1v) is 4.33. The molecule has 0 bridgehead atoms. The highest BCUT2D eigenvalue weighted by Crippen LogP contribution is 2.11. The number of nitrogens with zero attached hydrogens (tertiary/aromatic N) is 1. The molecule has 0 saturated heterocycles. The van der Waals surface area contributed by atoms with E-state index in [0.717, 1.165) is 5.69 Å². The fourth-order valence-electron chi connectivity index (χ4n) is 1.17. The number of aromatic nitrogens is 1. The molecule has 1 amide bonds. The molecule has 0 aliphatic rings. The molecule has 0 saturated carbocycles. The molecule has 14 heavy (non-hydrogen) atoms. The molecule has 1 aromatic rings. The van der Waals surface area contributed by atoms with Gasteiger partial charge in [-0.05, 0) is 13.0 Å². The van der Waals surface area contributed by atoms with E-state index in [2.05, 4.69) is 10.3 Å². The molecule has 0 radical (unpaired) electrons. The van der Waals surface area contributed by atoms with Crippen LogP contribution in [0.4, 0.5) is 11.4 Å². The number of nitrogen functional groups attached to an aromatic ring is 1. The van der Waals surface area contributed by atoms with E-state index in [1.54, 1.807) is 18.5 Å². The number of carbonyl (C=O) groups is 1. The van der Waals surface area contributed by atoms with E-state index in [0.29, 0.717) is 5.69 Å². The van der Waals surface area contributed by atoms with Crippen LogP contribution in [0.25, 0.3) is 0 Å². The molecule has 5 heteroatoms. The number of primary amides is 1. The van der Waals surface area contributed by atoms with Crippen LogP contribution in [0.15, 0.2) is 18.5 Å². The second-order valence-electron chi connectivity index (χ2n) is 3.22. The Hall–Kier alpha value is -1.78. The van der Waals surface area contributed by atoms with Crippen LogP contribution in [0.3, 0.4) is 0 Å². The molecule has 5 nitrogen and oxygen atoms in total. The summed E-state index contributed by atoms with van der Waals surface area (Å²) in [6, 6.07) is 1.74. The molecular weight excluding hydrogens is 180 g/mol. The molecule has 0 aliphatic carbocycles. The van der Waals surface area contributed by atoms with E-state index >= 15 is 0 Å². The lowest BCUT2D eigenvalue weighted by Crippen LogP contribution is -2.24. The van der Waals surface area contributed by atoms with Gasteiger partial charge < -0.3 is 16.8 Å². The molecule has 76 valence electrons. The maximum absolute atomic E-state index is 10.6. The van der Waals surface area contributed by atoms with Crippen LogP contribution in [0.2, 0.25) is 0 Å². The summed E-state index contributed by atoms with van der Waals surface area (Å²) >= 11 is 0. The number of hydrogen-bond acceptors (Lipinski definition) is 4. The average molecular weight is 194 g/mol. The SMILES string of the molecule is CC(CC(N)=O)Nc1cncc(N)c1. The maximum atomic E-state index is 10.6. The summed E-state index contributed by atoms with van der Waals surface area (Å²) in [5, 5.41) is 3.07. The van der Waals surface area contributed by atoms with Gasteiger partial charge >= 0.3 is 0 Å². The quantitative estimate of drug-likeness (QED) is 0.644. The first kappa shape index (κ1) is 10.3. The zero-order chi connectivity index (χ0) is 10.6. The van der Waals surface area contributed by atoms with Gasteiger partial charge in [-0.3, -0.25) is 9.78 Å². The highest BCUT2D eigenvalue weighted by Gasteiger charge is 2.05. The second kappa shape index (κ2) is 4.45. The summed E-state index contributed by atoms with van der Waals surface area (Å²) in [5.74, 6) is -0.332. The van der Waals surface area contributed by atoms with Gasteiger partial charge in [0.15, 0.2) is 0 Å². The minimum absolute atomic E-state index is 0.0175. The molecule has 1 rings (SSSR count). The number of nitrogens with two attached hydrogens (primary N) is 2. The fourth-order valence-corrected chi connectivity index (χ4v) is 1.17. The average Bonchev–Trinajstić information content (AvgIpc) is 2.01. The van der Waals surface area contributed by atoms with Crippen molar-refractivity contribution in [3.63, 3.8) is 0 Å². The number of pyridine rings is 1. The van der Waals surface area contributed by atoms with Crippen molar-refractivity contribution in [3.8, 4) is 0 Å². The normalized spacial score (nSPS) is 12.1. The lowest BCUT2D eigenvalue weighted by Gasteiger charge is -2.12. The van der Waals surface area contributed by atoms with Crippen molar-refractivity contribution in [2.75, 3.05) is 11.1 Å². The highest BCUT2D eigenvalue weighted by molar-refractivity contribution is 5.74. The van der Waals surface area contributed by atoms with Gasteiger partial charge in [0.2, 0.25) is 5.91 Å². The van der Waals surface area contributed by atoms with Gasteiger partial charge in [-0.2, -0.15) is 0 Å². The Labute approximate surface area is 82.5 Å². The molecule has 1 heterocycles. The highest BCUT2D eigenvalue weighted by atomic mass is 16.1. The Balaban J connectivity index is 2.55. The van der Waals surface area contributed by atoms with Gasteiger partial charge in [-0.15, -0.1) is 0 Å². The molecule has 1 aromatic heterocycles. The third-order valence-corrected chi connectivity index (χ3v) is 1.68. The second-order valence-corrected chi connectivity index (χ2v) is 3.22. The van der Waals surface area contributed by atoms with Crippen LogP contribution in [-0.4, -0.2) is 16.9 Å². The van der Waals surface area contributed by atoms with Crippen molar-refractivity contribution in [1.82, 2.24) is 4.98 Å². The molecule has 1 atom stereocenters. The Kier molecular flexibility index (Phi) is 3.28. The Morgan fingerprint density at radius 3 is 2.93 bits per heavy atom. The fraction of sp³-hybridized carbons (Fsp3) is 0.333. The molecule has 1 unspecified atom stereocenters. The predicted octanol–water partition coefficient (Wildman–Crippen LogP) is 0.340. The van der Waals surface area contributed by atoms with Crippen LogP contribution in [0.5, 0.6) is 0 Å². The van der Waals surface area contributed by atoms with E-state index in [1.165, 1.54) is 0 Å². The first-order chi connectivity index (χ1) is 6.58. The Bertz CT molecular complexity index is 326. The minimum atomic E-state index is -0.332. The van der Waals surface area contributed by atoms with E-state index in [4.69, 9.17) is 11.5 Å². The van der Waals surface area contributed by atoms with Gasteiger partial charge in [0.05, 0.1) is 17.6 Å². The molecular formula is C9H14N4O. The number of nitrogens with one attached hydrogen (secondary N) is 1. The topological polar surface area (TPSA) is 94.0 Å². The Morgan fingerprint density at radius 2 is 2.36 bits per heavy atom. The number of carbonyl (C=O) groups excluding carboxylic acids is 1. The predicted molar refractivity (Wildman–Crippen MR) is 55.5 cm³/mol. The van der Waals surface area contributed by atoms with Crippen molar-refractivity contribution >= 4 is 17.3 Å². The van der Waals surface area contributed by atoms with Crippen LogP contribution in [-0.2, 0) is 4.79 Å². The number of rotatable bonds is 4. The lowest BCUT2D eigenvalue weighted by atomic mass is 10.2. The first-order valence-electron chi connectivity index (χ1n) is 4.33. The van der Waals surface area contributed by atoms with Gasteiger partial charge in [-0.25, -0.2) is 0 Å². The van der Waals surface area contributed by atoms with Crippen LogP contribution < -0.4 is 16.8 Å². The maximum Gasteiger partial charge on any atom is 0.219 e. The monoisotopic (exact) mass is 194 g/mol. The molecule has 0 spiro atoms. The molecule has 0 aliphatic heterocycles. The van der Waals surface area contributed by atoms with Crippen molar-refractivity contribution in [2.24, 2.45) is 5.73 Å². The van der Waals surface area contributed by atoms with E-state index < -0.39 is 0 Å². The van der Waals surface area contributed by atoms with Crippen LogP contribution in [0.1, 0.15) is 13.3 Å². The lowest BCUT2D eigenvalue weighted by molar-refractivity contribution is -0.118. The van der Waals surface area contributed by atoms with Crippen molar-refractivity contribution in [1.29, 1.82) is 0 Å². The zero-order valence-corrected chi connectivity index (χ0v) is 8.03. The summed E-state index contributed by atoms with van der Waals surface area (Å²) in [4.78, 5) is 14.5. The minimum Gasteiger partial charge on any atom is -0.397 e. The molecule has 0 aromatic carbocycles. The van der Waals surface area contributed by atoms with E-state index in [1.807, 2.05) is 6.92 Å². The standard InChI is InChI=1S/C9H14N4O/c1-6(2-9(11)14)13-8-3-7(10)4-12-5-8/h3-6,13H,2,10H2,1H3,(H2,11,14).